The second-order valence-electron chi connectivity index (χ2n) is 5.93. The molecule has 0 fully saturated rings. The van der Waals surface area contributed by atoms with Gasteiger partial charge in [-0.1, -0.05) is 42.5 Å². The van der Waals surface area contributed by atoms with E-state index in [1.165, 1.54) is 12.1 Å². The Morgan fingerprint density at radius 2 is 1.81 bits per heavy atom. The average Bonchev–Trinajstić information content (AvgIpc) is 2.65. The lowest BCUT2D eigenvalue weighted by Crippen LogP contribution is -2.28. The van der Waals surface area contributed by atoms with Crippen molar-refractivity contribution in [3.05, 3.63) is 76.3 Å². The van der Waals surface area contributed by atoms with Crippen molar-refractivity contribution < 1.29 is 18.1 Å². The highest BCUT2D eigenvalue weighted by atomic mass is 32.2. The number of nitrogens with one attached hydrogen (secondary N) is 1. The molecule has 8 heteroatoms. The van der Waals surface area contributed by atoms with Crippen LogP contribution in [0, 0.1) is 17.0 Å². The smallest absolute Gasteiger partial charge is 0.270 e. The summed E-state index contributed by atoms with van der Waals surface area (Å²) in [7, 11) is -3.88. The lowest BCUT2D eigenvalue weighted by atomic mass is 10.1. The highest BCUT2D eigenvalue weighted by Gasteiger charge is 2.20. The largest absolute Gasteiger partial charge is 0.492 e. The molecule has 0 amide bonds. The van der Waals surface area contributed by atoms with Gasteiger partial charge >= 0.3 is 0 Å². The van der Waals surface area contributed by atoms with E-state index in [2.05, 4.69) is 4.72 Å². The van der Waals surface area contributed by atoms with Crippen LogP contribution in [0.2, 0.25) is 0 Å². The summed E-state index contributed by atoms with van der Waals surface area (Å²) in [4.78, 5) is 10.2. The number of benzene rings is 3. The Kier molecular flexibility index (Phi) is 5.38. The molecular formula is C19H18N2O5S. The van der Waals surface area contributed by atoms with Gasteiger partial charge < -0.3 is 4.74 Å². The maximum atomic E-state index is 12.5. The first-order valence-corrected chi connectivity index (χ1v) is 9.72. The van der Waals surface area contributed by atoms with E-state index in [-0.39, 0.29) is 23.7 Å². The number of nitrogens with zero attached hydrogens (tertiary/aromatic N) is 1. The van der Waals surface area contributed by atoms with Crippen molar-refractivity contribution in [3.63, 3.8) is 0 Å². The Morgan fingerprint density at radius 1 is 1.07 bits per heavy atom. The average molecular weight is 386 g/mol. The fourth-order valence-corrected chi connectivity index (χ4v) is 4.00. The molecule has 3 rings (SSSR count). The molecule has 0 bridgehead atoms. The van der Waals surface area contributed by atoms with Crippen molar-refractivity contribution in [2.24, 2.45) is 0 Å². The summed E-state index contributed by atoms with van der Waals surface area (Å²) in [6.45, 7) is 1.75. The van der Waals surface area contributed by atoms with Crippen molar-refractivity contribution in [3.8, 4) is 5.75 Å². The van der Waals surface area contributed by atoms with Gasteiger partial charge in [-0.3, -0.25) is 10.1 Å². The standard InChI is InChI=1S/C19H18N2O5S/c1-14-9-10-16(21(22)23)13-19(14)27(24,25)20-11-12-26-18-8-4-6-15-5-2-3-7-17(15)18/h2-10,13,20H,11-12H2,1H3. The van der Waals surface area contributed by atoms with Crippen LogP contribution < -0.4 is 9.46 Å². The van der Waals surface area contributed by atoms with Gasteiger partial charge in [0.1, 0.15) is 12.4 Å². The van der Waals surface area contributed by atoms with Crippen molar-refractivity contribution in [2.75, 3.05) is 13.2 Å². The molecule has 0 aliphatic heterocycles. The van der Waals surface area contributed by atoms with Crippen LogP contribution in [0.5, 0.6) is 5.75 Å². The number of nitro benzene ring substituents is 1. The Balaban J connectivity index is 1.68. The Hall–Kier alpha value is -2.97. The lowest BCUT2D eigenvalue weighted by Gasteiger charge is -2.11. The first-order valence-electron chi connectivity index (χ1n) is 8.24. The molecule has 27 heavy (non-hydrogen) atoms. The molecule has 0 radical (unpaired) electrons. The molecule has 0 saturated heterocycles. The Morgan fingerprint density at radius 3 is 2.59 bits per heavy atom. The van der Waals surface area contributed by atoms with Gasteiger partial charge in [0.2, 0.25) is 10.0 Å². The van der Waals surface area contributed by atoms with Crippen LogP contribution in [0.1, 0.15) is 5.56 Å². The zero-order valence-corrected chi connectivity index (χ0v) is 15.4. The fraction of sp³-hybridized carbons (Fsp3) is 0.158. The number of ether oxygens (including phenoxy) is 1. The van der Waals surface area contributed by atoms with Crippen molar-refractivity contribution in [1.82, 2.24) is 4.72 Å². The zero-order chi connectivity index (χ0) is 19.4. The van der Waals surface area contributed by atoms with Crippen molar-refractivity contribution in [1.29, 1.82) is 0 Å². The molecule has 3 aromatic rings. The van der Waals surface area contributed by atoms with Gasteiger partial charge in [0.05, 0.1) is 9.82 Å². The van der Waals surface area contributed by atoms with Crippen LogP contribution in [0.15, 0.2) is 65.6 Å². The van der Waals surface area contributed by atoms with E-state index in [0.29, 0.717) is 11.3 Å². The summed E-state index contributed by atoms with van der Waals surface area (Å²) in [6.07, 6.45) is 0. The number of rotatable bonds is 7. The molecule has 0 spiro atoms. The first-order chi connectivity index (χ1) is 12.9. The summed E-state index contributed by atoms with van der Waals surface area (Å²) >= 11 is 0. The van der Waals surface area contributed by atoms with Gasteiger partial charge in [-0.25, -0.2) is 13.1 Å². The molecule has 1 N–H and O–H groups in total. The van der Waals surface area contributed by atoms with Crippen LogP contribution >= 0.6 is 0 Å². The van der Waals surface area contributed by atoms with Gasteiger partial charge in [0, 0.05) is 24.1 Å². The third-order valence-corrected chi connectivity index (χ3v) is 5.68. The van der Waals surface area contributed by atoms with Crippen molar-refractivity contribution in [2.45, 2.75) is 11.8 Å². The summed E-state index contributed by atoms with van der Waals surface area (Å²) in [5.41, 5.74) is 0.163. The number of nitro groups is 1. The summed E-state index contributed by atoms with van der Waals surface area (Å²) in [5.74, 6) is 0.666. The number of sulfonamides is 1. The maximum absolute atomic E-state index is 12.5. The maximum Gasteiger partial charge on any atom is 0.270 e. The van der Waals surface area contributed by atoms with Gasteiger partial charge in [0.15, 0.2) is 0 Å². The second-order valence-corrected chi connectivity index (χ2v) is 7.67. The quantitative estimate of drug-likeness (QED) is 0.381. The van der Waals surface area contributed by atoms with E-state index in [9.17, 15) is 18.5 Å². The Labute approximate surface area is 156 Å². The van der Waals surface area contributed by atoms with E-state index >= 15 is 0 Å². The molecule has 0 unspecified atom stereocenters. The zero-order valence-electron chi connectivity index (χ0n) is 14.6. The van der Waals surface area contributed by atoms with Crippen molar-refractivity contribution >= 4 is 26.5 Å². The van der Waals surface area contributed by atoms with Crippen LogP contribution in [0.4, 0.5) is 5.69 Å². The highest BCUT2D eigenvalue weighted by molar-refractivity contribution is 7.89. The summed E-state index contributed by atoms with van der Waals surface area (Å²) in [6, 6.07) is 17.1. The topological polar surface area (TPSA) is 98.5 Å². The minimum absolute atomic E-state index is 0.0354. The molecule has 0 heterocycles. The molecule has 0 atom stereocenters. The fourth-order valence-electron chi connectivity index (χ4n) is 2.73. The SMILES string of the molecule is Cc1ccc([N+](=O)[O-])cc1S(=O)(=O)NCCOc1cccc2ccccc12. The molecule has 0 aromatic heterocycles. The number of non-ortho nitro benzene ring substituents is 1. The van der Waals surface area contributed by atoms with E-state index < -0.39 is 14.9 Å². The predicted octanol–water partition coefficient (Wildman–Crippen LogP) is 3.41. The molecule has 7 nitrogen and oxygen atoms in total. The molecule has 0 saturated carbocycles. The number of aryl methyl sites for hydroxylation is 1. The van der Waals surface area contributed by atoms with Gasteiger partial charge in [-0.2, -0.15) is 0 Å². The number of hydrogen-bond acceptors (Lipinski definition) is 5. The van der Waals surface area contributed by atoms with Crippen LogP contribution in [-0.4, -0.2) is 26.5 Å². The lowest BCUT2D eigenvalue weighted by molar-refractivity contribution is -0.385. The Bertz CT molecular complexity index is 1090. The molecule has 140 valence electrons. The molecule has 3 aromatic carbocycles. The third kappa shape index (κ3) is 4.24. The number of hydrogen-bond donors (Lipinski definition) is 1. The first kappa shape index (κ1) is 18.8. The van der Waals surface area contributed by atoms with E-state index in [0.717, 1.165) is 16.8 Å². The van der Waals surface area contributed by atoms with Crippen LogP contribution in [-0.2, 0) is 10.0 Å². The van der Waals surface area contributed by atoms with Gasteiger partial charge in [0.25, 0.3) is 5.69 Å². The van der Waals surface area contributed by atoms with Gasteiger partial charge in [-0.15, -0.1) is 0 Å². The number of fused-ring (bicyclic) bond motifs is 1. The highest BCUT2D eigenvalue weighted by Crippen LogP contribution is 2.25. The third-order valence-electron chi connectivity index (χ3n) is 4.07. The summed E-state index contributed by atoms with van der Waals surface area (Å²) in [5, 5.41) is 12.9. The van der Waals surface area contributed by atoms with Gasteiger partial charge in [-0.05, 0) is 23.9 Å². The van der Waals surface area contributed by atoms with Crippen LogP contribution in [0.25, 0.3) is 10.8 Å². The van der Waals surface area contributed by atoms with E-state index in [1.54, 1.807) is 6.92 Å². The molecule has 0 aliphatic rings. The van der Waals surface area contributed by atoms with Crippen LogP contribution in [0.3, 0.4) is 0 Å². The van der Waals surface area contributed by atoms with E-state index in [4.69, 9.17) is 4.74 Å². The monoisotopic (exact) mass is 386 g/mol. The molecule has 0 aliphatic carbocycles. The van der Waals surface area contributed by atoms with E-state index in [1.807, 2.05) is 42.5 Å². The molecular weight excluding hydrogens is 368 g/mol. The summed E-state index contributed by atoms with van der Waals surface area (Å²) < 4.78 is 33.1. The minimum Gasteiger partial charge on any atom is -0.492 e. The second kappa shape index (κ2) is 7.73. The minimum atomic E-state index is -3.88. The predicted molar refractivity (Wildman–Crippen MR) is 102 cm³/mol. The normalized spacial score (nSPS) is 11.4.